The summed E-state index contributed by atoms with van der Waals surface area (Å²) in [6.07, 6.45) is 6.39. The molecule has 40 heavy (non-hydrogen) atoms. The van der Waals surface area contributed by atoms with Gasteiger partial charge < -0.3 is 29.9 Å². The number of hydrogen-bond donors (Lipinski definition) is 4. The SMILES string of the molecule is C=C1C=C(C)C(C)CC(O)CC(=O)C(O)C(O)C(C)CC(O)COC(=O)C(C)=CCCC=CC2OC2CC(C)C1. The van der Waals surface area contributed by atoms with Crippen LogP contribution in [0.1, 0.15) is 79.6 Å². The number of carbonyl (C=O) groups is 2. The average molecular weight is 563 g/mol. The normalized spacial score (nSPS) is 37.0. The fourth-order valence-electron chi connectivity index (χ4n) is 5.13. The molecule has 0 radical (unpaired) electrons. The summed E-state index contributed by atoms with van der Waals surface area (Å²) in [5.41, 5.74) is 2.50. The summed E-state index contributed by atoms with van der Waals surface area (Å²) in [6.45, 7) is 13.3. The summed E-state index contributed by atoms with van der Waals surface area (Å²) in [4.78, 5) is 24.8. The van der Waals surface area contributed by atoms with E-state index in [2.05, 4.69) is 25.7 Å². The molecule has 4 N–H and O–H groups in total. The lowest BCUT2D eigenvalue weighted by Gasteiger charge is -2.26. The van der Waals surface area contributed by atoms with Gasteiger partial charge in [0.05, 0.1) is 24.4 Å². The van der Waals surface area contributed by atoms with Gasteiger partial charge in [-0.25, -0.2) is 4.79 Å². The van der Waals surface area contributed by atoms with Gasteiger partial charge in [0.15, 0.2) is 5.78 Å². The second-order valence-electron chi connectivity index (χ2n) is 12.0. The van der Waals surface area contributed by atoms with Gasteiger partial charge in [0.25, 0.3) is 0 Å². The molecule has 0 aliphatic carbocycles. The zero-order valence-corrected chi connectivity index (χ0v) is 24.8. The van der Waals surface area contributed by atoms with Gasteiger partial charge >= 0.3 is 5.97 Å². The van der Waals surface area contributed by atoms with E-state index in [0.717, 1.165) is 30.4 Å². The highest BCUT2D eigenvalue weighted by atomic mass is 16.6. The van der Waals surface area contributed by atoms with Crippen molar-refractivity contribution in [1.82, 2.24) is 0 Å². The molecule has 226 valence electrons. The Balaban J connectivity index is 2.08. The minimum Gasteiger partial charge on any atom is -0.460 e. The third-order valence-corrected chi connectivity index (χ3v) is 7.86. The first-order chi connectivity index (χ1) is 18.8. The molecule has 8 heteroatoms. The molecule has 9 atom stereocenters. The Morgan fingerprint density at radius 2 is 1.62 bits per heavy atom. The Morgan fingerprint density at radius 3 is 2.33 bits per heavy atom. The fourth-order valence-corrected chi connectivity index (χ4v) is 5.13. The average Bonchev–Trinajstić information content (AvgIpc) is 3.61. The van der Waals surface area contributed by atoms with E-state index in [1.54, 1.807) is 19.9 Å². The molecule has 1 fully saturated rings. The minimum absolute atomic E-state index is 0.00393. The van der Waals surface area contributed by atoms with E-state index in [1.165, 1.54) is 0 Å². The van der Waals surface area contributed by atoms with Gasteiger partial charge in [-0.3, -0.25) is 4.79 Å². The summed E-state index contributed by atoms with van der Waals surface area (Å²) in [5.74, 6) is -1.45. The number of aliphatic hydroxyl groups excluding tert-OH is 4. The molecule has 0 amide bonds. The summed E-state index contributed by atoms with van der Waals surface area (Å²) in [5, 5.41) is 41.7. The number of Topliss-reactive ketones (excluding diaryl/α,β-unsaturated/α-hetero) is 1. The molecular formula is C32H50O8. The maximum Gasteiger partial charge on any atom is 0.333 e. The van der Waals surface area contributed by atoms with Gasteiger partial charge in [0.1, 0.15) is 18.8 Å². The number of allylic oxidation sites excluding steroid dienone is 5. The minimum atomic E-state index is -1.69. The number of rotatable bonds is 0. The fraction of sp³-hybridized carbons (Fsp3) is 0.688. The molecule has 0 spiro atoms. The summed E-state index contributed by atoms with van der Waals surface area (Å²) < 4.78 is 11.0. The number of esters is 1. The number of hydrogen-bond acceptors (Lipinski definition) is 8. The molecule has 0 aromatic heterocycles. The van der Waals surface area contributed by atoms with Gasteiger partial charge in [0, 0.05) is 12.0 Å². The van der Waals surface area contributed by atoms with E-state index < -0.39 is 42.1 Å². The molecule has 0 bridgehead atoms. The number of ketones is 1. The molecule has 0 aromatic rings. The summed E-state index contributed by atoms with van der Waals surface area (Å²) in [6, 6.07) is 0. The molecule has 2 aliphatic rings. The first-order valence-corrected chi connectivity index (χ1v) is 14.5. The second kappa shape index (κ2) is 16.4. The Labute approximate surface area is 239 Å². The van der Waals surface area contributed by atoms with Crippen LogP contribution in [0.3, 0.4) is 0 Å². The van der Waals surface area contributed by atoms with Crippen molar-refractivity contribution < 1.29 is 39.5 Å². The number of aliphatic hydroxyl groups is 4. The third kappa shape index (κ3) is 11.8. The van der Waals surface area contributed by atoms with Crippen LogP contribution in [0.2, 0.25) is 0 Å². The van der Waals surface area contributed by atoms with Gasteiger partial charge in [-0.15, -0.1) is 0 Å². The van der Waals surface area contributed by atoms with Crippen LogP contribution in [-0.4, -0.2) is 75.4 Å². The quantitative estimate of drug-likeness (QED) is 0.198. The number of ether oxygens (including phenoxy) is 2. The van der Waals surface area contributed by atoms with Crippen molar-refractivity contribution in [1.29, 1.82) is 0 Å². The smallest absolute Gasteiger partial charge is 0.333 e. The van der Waals surface area contributed by atoms with Crippen molar-refractivity contribution >= 4 is 11.8 Å². The highest BCUT2D eigenvalue weighted by Gasteiger charge is 2.37. The van der Waals surface area contributed by atoms with Crippen molar-refractivity contribution in [2.45, 2.75) is 116 Å². The molecular weight excluding hydrogens is 512 g/mol. The maximum atomic E-state index is 12.6. The number of cyclic esters (lactones) is 1. The predicted molar refractivity (Wildman–Crippen MR) is 154 cm³/mol. The molecule has 1 saturated heterocycles. The van der Waals surface area contributed by atoms with E-state index >= 15 is 0 Å². The first-order valence-electron chi connectivity index (χ1n) is 14.5. The van der Waals surface area contributed by atoms with Crippen LogP contribution in [0.15, 0.2) is 47.6 Å². The Bertz CT molecular complexity index is 951. The highest BCUT2D eigenvalue weighted by Crippen LogP contribution is 2.32. The van der Waals surface area contributed by atoms with Crippen molar-refractivity contribution in [3.05, 3.63) is 47.6 Å². The Kier molecular flexibility index (Phi) is 14.0. The van der Waals surface area contributed by atoms with E-state index in [1.807, 2.05) is 19.9 Å². The molecule has 0 aromatic carbocycles. The van der Waals surface area contributed by atoms with Crippen LogP contribution >= 0.6 is 0 Å². The lowest BCUT2D eigenvalue weighted by atomic mass is 9.88. The largest absolute Gasteiger partial charge is 0.460 e. The van der Waals surface area contributed by atoms with Crippen LogP contribution in [0.25, 0.3) is 0 Å². The van der Waals surface area contributed by atoms with Gasteiger partial charge in [-0.2, -0.15) is 0 Å². The maximum absolute atomic E-state index is 12.6. The van der Waals surface area contributed by atoms with Gasteiger partial charge in [-0.1, -0.05) is 62.8 Å². The van der Waals surface area contributed by atoms with Crippen molar-refractivity contribution in [3.8, 4) is 0 Å². The second-order valence-corrected chi connectivity index (χ2v) is 12.0. The standard InChI is InChI=1S/C32H50O8/c1-19-12-20(2)14-29-28(40-29)11-9-7-8-10-21(3)32(38)39-18-26(34)16-24(6)30(36)31(37)27(35)17-25(33)15-23(5)22(4)13-19/h9-11,13,20,23-26,28-31,33-34,36-37H,1,7-8,12,14-18H2,2-6H3. The van der Waals surface area contributed by atoms with E-state index in [0.29, 0.717) is 24.3 Å². The number of epoxide rings is 1. The topological polar surface area (TPSA) is 137 Å². The highest BCUT2D eigenvalue weighted by molar-refractivity contribution is 5.87. The molecule has 2 heterocycles. The molecule has 0 saturated carbocycles. The molecule has 9 unspecified atom stereocenters. The zero-order chi connectivity index (χ0) is 30.0. The van der Waals surface area contributed by atoms with Gasteiger partial charge in [0.2, 0.25) is 0 Å². The monoisotopic (exact) mass is 562 g/mol. The van der Waals surface area contributed by atoms with Crippen molar-refractivity contribution in [2.75, 3.05) is 6.61 Å². The van der Waals surface area contributed by atoms with Crippen molar-refractivity contribution in [2.24, 2.45) is 17.8 Å². The summed E-state index contributed by atoms with van der Waals surface area (Å²) >= 11 is 0. The Hall–Kier alpha value is -2.10. The van der Waals surface area contributed by atoms with E-state index in [4.69, 9.17) is 9.47 Å². The third-order valence-electron chi connectivity index (χ3n) is 7.86. The van der Waals surface area contributed by atoms with Crippen LogP contribution in [-0.2, 0) is 19.1 Å². The van der Waals surface area contributed by atoms with Crippen LogP contribution in [0.5, 0.6) is 0 Å². The van der Waals surface area contributed by atoms with Crippen LogP contribution < -0.4 is 0 Å². The molecule has 2 rings (SSSR count). The lowest BCUT2D eigenvalue weighted by molar-refractivity contribution is -0.143. The zero-order valence-electron chi connectivity index (χ0n) is 24.8. The molecule has 2 aliphatic heterocycles. The Morgan fingerprint density at radius 1 is 0.925 bits per heavy atom. The lowest BCUT2D eigenvalue weighted by Crippen LogP contribution is -2.41. The number of carbonyl (C=O) groups excluding carboxylic acids is 2. The van der Waals surface area contributed by atoms with Gasteiger partial charge in [-0.05, 0) is 70.1 Å². The predicted octanol–water partition coefficient (Wildman–Crippen LogP) is 3.97. The van der Waals surface area contributed by atoms with Crippen LogP contribution in [0.4, 0.5) is 0 Å². The summed E-state index contributed by atoms with van der Waals surface area (Å²) in [7, 11) is 0. The van der Waals surface area contributed by atoms with Crippen LogP contribution in [0, 0.1) is 17.8 Å². The van der Waals surface area contributed by atoms with Crippen molar-refractivity contribution in [3.63, 3.8) is 0 Å². The first kappa shape index (κ1) is 34.1. The molecule has 8 nitrogen and oxygen atoms in total. The van der Waals surface area contributed by atoms with E-state index in [9.17, 15) is 30.0 Å². The van der Waals surface area contributed by atoms with E-state index in [-0.39, 0.29) is 37.6 Å². The number of fused-ring (bicyclic) bond motifs is 1.